The van der Waals surface area contributed by atoms with Crippen LogP contribution >= 0.6 is 0 Å². The first-order valence-electron chi connectivity index (χ1n) is 2.87. The minimum absolute atomic E-state index is 0.0532. The van der Waals surface area contributed by atoms with Crippen molar-refractivity contribution in [1.29, 1.82) is 0 Å². The summed E-state index contributed by atoms with van der Waals surface area (Å²) in [5.41, 5.74) is 0. The maximum atomic E-state index is 10.1. The van der Waals surface area contributed by atoms with Gasteiger partial charge in [0.15, 0.2) is 0 Å². The van der Waals surface area contributed by atoms with Crippen LogP contribution in [0.5, 0.6) is 0 Å². The largest absolute Gasteiger partial charge is 0.481 e. The van der Waals surface area contributed by atoms with Crippen molar-refractivity contribution in [2.24, 2.45) is 10.2 Å². The minimum Gasteiger partial charge on any atom is -0.481 e. The van der Waals surface area contributed by atoms with Gasteiger partial charge in [0.25, 0.3) is 0 Å². The van der Waals surface area contributed by atoms with Gasteiger partial charge in [-0.1, -0.05) is 0 Å². The number of hydrogen-bond acceptors (Lipinski definition) is 3. The number of hydrogen-bond donors (Lipinski definition) is 1. The zero-order valence-corrected chi connectivity index (χ0v) is 4.95. The zero-order valence-electron chi connectivity index (χ0n) is 4.95. The number of aliphatic carboxylic acids is 1. The lowest BCUT2D eigenvalue weighted by Crippen LogP contribution is -2.07. The van der Waals surface area contributed by atoms with E-state index in [-0.39, 0.29) is 12.5 Å². The van der Waals surface area contributed by atoms with Gasteiger partial charge in [0.1, 0.15) is 0 Å². The van der Waals surface area contributed by atoms with E-state index < -0.39 is 5.97 Å². The van der Waals surface area contributed by atoms with Crippen molar-refractivity contribution in [1.82, 2.24) is 0 Å². The molecule has 4 heteroatoms. The van der Waals surface area contributed by atoms with Crippen molar-refractivity contribution < 1.29 is 9.90 Å². The van der Waals surface area contributed by atoms with Gasteiger partial charge in [-0.05, 0) is 6.42 Å². The summed E-state index contributed by atoms with van der Waals surface area (Å²) < 4.78 is 0. The molecule has 9 heavy (non-hydrogen) atoms. The smallest absolute Gasteiger partial charge is 0.305 e. The molecular formula is C5H8N2O2. The molecule has 1 heterocycles. The highest BCUT2D eigenvalue weighted by atomic mass is 16.4. The average Bonchev–Trinajstić information content (AvgIpc) is 2.15. The number of azo groups is 1. The van der Waals surface area contributed by atoms with Crippen LogP contribution in [0.1, 0.15) is 12.8 Å². The molecule has 0 radical (unpaired) electrons. The lowest BCUT2D eigenvalue weighted by Gasteiger charge is -1.96. The van der Waals surface area contributed by atoms with Gasteiger partial charge in [-0.15, -0.1) is 0 Å². The molecule has 0 bridgehead atoms. The number of rotatable bonds is 2. The maximum absolute atomic E-state index is 10.1. The highest BCUT2D eigenvalue weighted by Gasteiger charge is 2.14. The Morgan fingerprint density at radius 3 is 3.00 bits per heavy atom. The Kier molecular flexibility index (Phi) is 1.77. The predicted molar refractivity (Wildman–Crippen MR) is 30.4 cm³/mol. The van der Waals surface area contributed by atoms with Crippen LogP contribution in [-0.4, -0.2) is 23.7 Å². The van der Waals surface area contributed by atoms with Crippen LogP contribution in [0, 0.1) is 0 Å². The molecule has 0 saturated carbocycles. The SMILES string of the molecule is O=C(O)CC1CCN=N1. The molecule has 1 rings (SSSR count). The van der Waals surface area contributed by atoms with E-state index in [9.17, 15) is 4.79 Å². The van der Waals surface area contributed by atoms with E-state index >= 15 is 0 Å². The number of nitrogens with zero attached hydrogens (tertiary/aromatic N) is 2. The van der Waals surface area contributed by atoms with Crippen LogP contribution in [0.15, 0.2) is 10.2 Å². The summed E-state index contributed by atoms with van der Waals surface area (Å²) in [6.45, 7) is 0.692. The number of carbonyl (C=O) groups is 1. The molecule has 0 aromatic carbocycles. The molecule has 1 unspecified atom stereocenters. The zero-order chi connectivity index (χ0) is 6.69. The van der Waals surface area contributed by atoms with Crippen molar-refractivity contribution in [2.75, 3.05) is 6.54 Å². The fourth-order valence-corrected chi connectivity index (χ4v) is 0.782. The third-order valence-electron chi connectivity index (χ3n) is 1.22. The molecule has 0 aliphatic carbocycles. The van der Waals surface area contributed by atoms with E-state index in [1.807, 2.05) is 0 Å². The van der Waals surface area contributed by atoms with Crippen molar-refractivity contribution >= 4 is 5.97 Å². The Hall–Kier alpha value is -0.930. The highest BCUT2D eigenvalue weighted by Crippen LogP contribution is 2.10. The fraction of sp³-hybridized carbons (Fsp3) is 0.800. The molecule has 1 aliphatic rings. The Balaban J connectivity index is 2.28. The summed E-state index contributed by atoms with van der Waals surface area (Å²) in [7, 11) is 0. The first kappa shape index (κ1) is 6.19. The summed E-state index contributed by atoms with van der Waals surface area (Å²) in [5, 5.41) is 15.7. The van der Waals surface area contributed by atoms with E-state index in [0.29, 0.717) is 6.54 Å². The van der Waals surface area contributed by atoms with Gasteiger partial charge >= 0.3 is 5.97 Å². The van der Waals surface area contributed by atoms with Gasteiger partial charge in [0, 0.05) is 0 Å². The molecule has 4 nitrogen and oxygen atoms in total. The lowest BCUT2D eigenvalue weighted by molar-refractivity contribution is -0.137. The second kappa shape index (κ2) is 2.57. The summed E-state index contributed by atoms with van der Waals surface area (Å²) in [6, 6.07) is -0.0532. The highest BCUT2D eigenvalue weighted by molar-refractivity contribution is 5.67. The molecule has 0 saturated heterocycles. The van der Waals surface area contributed by atoms with Gasteiger partial charge in [-0.25, -0.2) is 0 Å². The lowest BCUT2D eigenvalue weighted by atomic mass is 10.2. The topological polar surface area (TPSA) is 62.0 Å². The Morgan fingerprint density at radius 1 is 1.78 bits per heavy atom. The normalized spacial score (nSPS) is 24.7. The summed E-state index contributed by atoms with van der Waals surface area (Å²) in [5.74, 6) is -0.791. The van der Waals surface area contributed by atoms with Gasteiger partial charge in [0.2, 0.25) is 0 Å². The maximum Gasteiger partial charge on any atom is 0.305 e. The van der Waals surface area contributed by atoms with E-state index in [1.54, 1.807) is 0 Å². The van der Waals surface area contributed by atoms with Gasteiger partial charge in [-0.2, -0.15) is 10.2 Å². The van der Waals surface area contributed by atoms with Crippen LogP contribution in [-0.2, 0) is 4.79 Å². The number of carboxylic acids is 1. The van der Waals surface area contributed by atoms with Crippen molar-refractivity contribution in [3.05, 3.63) is 0 Å². The predicted octanol–water partition coefficient (Wildman–Crippen LogP) is 0.686. The first-order chi connectivity index (χ1) is 4.29. The standard InChI is InChI=1S/C5H8N2O2/c8-5(9)3-4-1-2-6-7-4/h4H,1-3H2,(H,8,9). The summed E-state index contributed by atoms with van der Waals surface area (Å²) in [4.78, 5) is 10.1. The van der Waals surface area contributed by atoms with Gasteiger partial charge in [0.05, 0.1) is 19.0 Å². The monoisotopic (exact) mass is 128 g/mol. The first-order valence-corrected chi connectivity index (χ1v) is 2.87. The third-order valence-corrected chi connectivity index (χ3v) is 1.22. The van der Waals surface area contributed by atoms with E-state index in [1.165, 1.54) is 0 Å². The van der Waals surface area contributed by atoms with Crippen molar-refractivity contribution in [3.63, 3.8) is 0 Å². The van der Waals surface area contributed by atoms with Crippen molar-refractivity contribution in [2.45, 2.75) is 18.9 Å². The van der Waals surface area contributed by atoms with Gasteiger partial charge in [-0.3, -0.25) is 4.79 Å². The Labute approximate surface area is 52.6 Å². The summed E-state index contributed by atoms with van der Waals surface area (Å²) in [6.07, 6.45) is 0.926. The van der Waals surface area contributed by atoms with Gasteiger partial charge < -0.3 is 5.11 Å². The van der Waals surface area contributed by atoms with Crippen LogP contribution in [0.2, 0.25) is 0 Å². The molecule has 1 N–H and O–H groups in total. The van der Waals surface area contributed by atoms with Crippen LogP contribution in [0.25, 0.3) is 0 Å². The molecule has 0 amide bonds. The quantitative estimate of drug-likeness (QED) is 0.594. The van der Waals surface area contributed by atoms with E-state index in [0.717, 1.165) is 6.42 Å². The Morgan fingerprint density at radius 2 is 2.56 bits per heavy atom. The Bertz CT molecular complexity index is 144. The van der Waals surface area contributed by atoms with E-state index in [2.05, 4.69) is 10.2 Å². The molecular weight excluding hydrogens is 120 g/mol. The summed E-state index contributed by atoms with van der Waals surface area (Å²) >= 11 is 0. The van der Waals surface area contributed by atoms with Crippen LogP contribution in [0.3, 0.4) is 0 Å². The number of carboxylic acid groups (broad SMARTS) is 1. The average molecular weight is 128 g/mol. The molecule has 1 atom stereocenters. The molecule has 0 aromatic heterocycles. The van der Waals surface area contributed by atoms with E-state index in [4.69, 9.17) is 5.11 Å². The van der Waals surface area contributed by atoms with Crippen LogP contribution < -0.4 is 0 Å². The molecule has 1 aliphatic heterocycles. The van der Waals surface area contributed by atoms with Crippen molar-refractivity contribution in [3.8, 4) is 0 Å². The van der Waals surface area contributed by atoms with Crippen LogP contribution in [0.4, 0.5) is 0 Å². The fourth-order valence-electron chi connectivity index (χ4n) is 0.782. The second-order valence-corrected chi connectivity index (χ2v) is 2.02. The molecule has 0 fully saturated rings. The minimum atomic E-state index is -0.791. The second-order valence-electron chi connectivity index (χ2n) is 2.02. The molecule has 50 valence electrons. The molecule has 0 spiro atoms. The third kappa shape index (κ3) is 1.79. The molecule has 0 aromatic rings.